The van der Waals surface area contributed by atoms with Gasteiger partial charge in [-0.3, -0.25) is 14.6 Å². The average Bonchev–Trinajstić information content (AvgIpc) is 2.88. The van der Waals surface area contributed by atoms with E-state index in [0.29, 0.717) is 24.3 Å². The number of piperidine rings is 1. The van der Waals surface area contributed by atoms with Gasteiger partial charge in [-0.15, -0.1) is 0 Å². The van der Waals surface area contributed by atoms with Crippen LogP contribution in [-0.2, 0) is 9.53 Å². The van der Waals surface area contributed by atoms with Gasteiger partial charge < -0.3 is 19.7 Å². The van der Waals surface area contributed by atoms with Gasteiger partial charge in [0, 0.05) is 57.2 Å². The van der Waals surface area contributed by atoms with Gasteiger partial charge in [0.15, 0.2) is 6.10 Å². The number of aromatic nitrogens is 1. The van der Waals surface area contributed by atoms with Crippen molar-refractivity contribution in [2.75, 3.05) is 25.5 Å². The van der Waals surface area contributed by atoms with Crippen molar-refractivity contribution in [1.29, 1.82) is 0 Å². The topological polar surface area (TPSA) is 80.8 Å². The molecule has 1 atom stereocenters. The molecule has 0 spiro atoms. The van der Waals surface area contributed by atoms with Gasteiger partial charge in [0.1, 0.15) is 11.9 Å². The van der Waals surface area contributed by atoms with Crippen molar-refractivity contribution in [1.82, 2.24) is 9.88 Å². The Morgan fingerprint density at radius 3 is 2.50 bits per heavy atom. The number of amides is 2. The average molecular weight is 460 g/mol. The van der Waals surface area contributed by atoms with Crippen LogP contribution < -0.4 is 10.1 Å². The Labute approximate surface area is 199 Å². The first-order chi connectivity index (χ1) is 16.5. The lowest BCUT2D eigenvalue weighted by Crippen LogP contribution is -2.41. The van der Waals surface area contributed by atoms with Gasteiger partial charge in [-0.05, 0) is 36.2 Å². The van der Waals surface area contributed by atoms with Crippen molar-refractivity contribution < 1.29 is 19.1 Å². The smallest absolute Gasteiger partial charge is 0.258 e. The quantitative estimate of drug-likeness (QED) is 0.566. The van der Waals surface area contributed by atoms with Crippen molar-refractivity contribution >= 4 is 17.5 Å². The Morgan fingerprint density at radius 2 is 1.82 bits per heavy atom. The van der Waals surface area contributed by atoms with Crippen LogP contribution in [0.3, 0.4) is 0 Å². The van der Waals surface area contributed by atoms with Crippen LogP contribution >= 0.6 is 0 Å². The zero-order valence-corrected chi connectivity index (χ0v) is 19.4. The third-order valence-corrected chi connectivity index (χ3v) is 5.96. The van der Waals surface area contributed by atoms with E-state index in [-0.39, 0.29) is 17.9 Å². The second-order valence-electron chi connectivity index (χ2n) is 8.35. The summed E-state index contributed by atoms with van der Waals surface area (Å²) in [4.78, 5) is 31.3. The summed E-state index contributed by atoms with van der Waals surface area (Å²) >= 11 is 0. The van der Waals surface area contributed by atoms with Crippen molar-refractivity contribution in [2.24, 2.45) is 0 Å². The number of likely N-dealkylation sites (tertiary alicyclic amines) is 1. The normalized spacial score (nSPS) is 14.9. The second kappa shape index (κ2) is 10.9. The number of rotatable bonds is 7. The van der Waals surface area contributed by atoms with Crippen LogP contribution in [0.1, 0.15) is 40.4 Å². The van der Waals surface area contributed by atoms with E-state index in [0.717, 1.165) is 29.7 Å². The van der Waals surface area contributed by atoms with Crippen LogP contribution in [0.15, 0.2) is 73.1 Å². The largest absolute Gasteiger partial charge is 0.490 e. The highest BCUT2D eigenvalue weighted by Crippen LogP contribution is 2.28. The van der Waals surface area contributed by atoms with E-state index in [9.17, 15) is 9.59 Å². The predicted octanol–water partition coefficient (Wildman–Crippen LogP) is 4.40. The minimum Gasteiger partial charge on any atom is -0.490 e. The summed E-state index contributed by atoms with van der Waals surface area (Å²) in [6.07, 6.45) is 4.03. The van der Waals surface area contributed by atoms with E-state index < -0.39 is 6.10 Å². The number of ether oxygens (including phenoxy) is 2. The number of pyridine rings is 1. The molecule has 34 heavy (non-hydrogen) atoms. The van der Waals surface area contributed by atoms with E-state index in [1.165, 1.54) is 7.11 Å². The molecule has 2 heterocycles. The molecule has 0 aliphatic carbocycles. The van der Waals surface area contributed by atoms with Crippen molar-refractivity contribution in [3.63, 3.8) is 0 Å². The van der Waals surface area contributed by atoms with Crippen LogP contribution in [0.4, 0.5) is 5.69 Å². The number of carbonyl (C=O) groups is 2. The summed E-state index contributed by atoms with van der Waals surface area (Å²) in [5.74, 6) is 0.479. The van der Waals surface area contributed by atoms with Crippen LogP contribution in [0.5, 0.6) is 5.75 Å². The summed E-state index contributed by atoms with van der Waals surface area (Å²) in [5.41, 5.74) is 3.02. The minimum absolute atomic E-state index is 0.00126. The van der Waals surface area contributed by atoms with Crippen molar-refractivity contribution in [3.8, 4) is 5.75 Å². The maximum atomic E-state index is 12.8. The van der Waals surface area contributed by atoms with E-state index >= 15 is 0 Å². The second-order valence-corrected chi connectivity index (χ2v) is 8.35. The SMILES string of the molecule is CO[C@H](C(=O)Nc1ccc(C)c(OC2CCN(C(=O)c3cccnc3)CC2)c1)c1ccccc1. The first-order valence-corrected chi connectivity index (χ1v) is 11.4. The highest BCUT2D eigenvalue weighted by Gasteiger charge is 2.25. The molecule has 176 valence electrons. The Balaban J connectivity index is 1.36. The fourth-order valence-corrected chi connectivity index (χ4v) is 4.06. The van der Waals surface area contributed by atoms with Crippen molar-refractivity contribution in [2.45, 2.75) is 32.0 Å². The highest BCUT2D eigenvalue weighted by atomic mass is 16.5. The Hall–Kier alpha value is -3.71. The zero-order valence-electron chi connectivity index (χ0n) is 19.4. The standard InChI is InChI=1S/C27H29N3O4/c1-19-10-11-22(29-26(31)25(33-2)20-7-4-3-5-8-20)17-24(19)34-23-12-15-30(16-13-23)27(32)21-9-6-14-28-18-21/h3-11,14,17-18,23,25H,12-13,15-16H2,1-2H3,(H,29,31)/t25-/m0/s1. The lowest BCUT2D eigenvalue weighted by Gasteiger charge is -2.32. The molecule has 0 unspecified atom stereocenters. The fourth-order valence-electron chi connectivity index (χ4n) is 4.06. The molecule has 1 aromatic heterocycles. The maximum absolute atomic E-state index is 12.8. The van der Waals surface area contributed by atoms with E-state index in [1.54, 1.807) is 24.5 Å². The van der Waals surface area contributed by atoms with E-state index in [1.807, 2.05) is 60.4 Å². The summed E-state index contributed by atoms with van der Waals surface area (Å²) in [7, 11) is 1.52. The van der Waals surface area contributed by atoms with Crippen LogP contribution in [0.25, 0.3) is 0 Å². The van der Waals surface area contributed by atoms with Gasteiger partial charge >= 0.3 is 0 Å². The zero-order chi connectivity index (χ0) is 23.9. The lowest BCUT2D eigenvalue weighted by atomic mass is 10.1. The van der Waals surface area contributed by atoms with E-state index in [2.05, 4.69) is 10.3 Å². The van der Waals surface area contributed by atoms with Gasteiger partial charge in [-0.1, -0.05) is 36.4 Å². The molecular formula is C27H29N3O4. The summed E-state index contributed by atoms with van der Waals surface area (Å²) in [5, 5.41) is 2.93. The van der Waals surface area contributed by atoms with Crippen LogP contribution in [0, 0.1) is 6.92 Å². The van der Waals surface area contributed by atoms with Gasteiger partial charge in [0.25, 0.3) is 11.8 Å². The molecule has 3 aromatic rings. The highest BCUT2D eigenvalue weighted by molar-refractivity contribution is 5.95. The number of nitrogens with zero attached hydrogens (tertiary/aromatic N) is 2. The predicted molar refractivity (Wildman–Crippen MR) is 130 cm³/mol. The molecule has 7 heteroatoms. The number of benzene rings is 2. The molecule has 4 rings (SSSR count). The Kier molecular flexibility index (Phi) is 7.54. The molecule has 2 amide bonds. The van der Waals surface area contributed by atoms with Gasteiger partial charge in [0.05, 0.1) is 5.56 Å². The fraction of sp³-hybridized carbons (Fsp3) is 0.296. The van der Waals surface area contributed by atoms with Crippen LogP contribution in [-0.4, -0.2) is 48.0 Å². The minimum atomic E-state index is -0.700. The third-order valence-electron chi connectivity index (χ3n) is 5.96. The van der Waals surface area contributed by atoms with Gasteiger partial charge in [0.2, 0.25) is 0 Å². The van der Waals surface area contributed by atoms with Gasteiger partial charge in [-0.2, -0.15) is 0 Å². The molecule has 1 aliphatic rings. The Bertz CT molecular complexity index is 1110. The van der Waals surface area contributed by atoms with Crippen LogP contribution in [0.2, 0.25) is 0 Å². The first-order valence-electron chi connectivity index (χ1n) is 11.4. The van der Waals surface area contributed by atoms with Gasteiger partial charge in [-0.25, -0.2) is 0 Å². The number of anilines is 1. The molecular weight excluding hydrogens is 430 g/mol. The molecule has 7 nitrogen and oxygen atoms in total. The number of nitrogens with one attached hydrogen (secondary N) is 1. The lowest BCUT2D eigenvalue weighted by molar-refractivity contribution is -0.126. The monoisotopic (exact) mass is 459 g/mol. The number of hydrogen-bond donors (Lipinski definition) is 1. The third kappa shape index (κ3) is 5.61. The van der Waals surface area contributed by atoms with Crippen molar-refractivity contribution in [3.05, 3.63) is 89.7 Å². The molecule has 0 bridgehead atoms. The molecule has 0 saturated carbocycles. The first kappa shape index (κ1) is 23.4. The molecule has 0 radical (unpaired) electrons. The molecule has 1 aliphatic heterocycles. The number of aryl methyl sites for hydroxylation is 1. The number of hydrogen-bond acceptors (Lipinski definition) is 5. The molecule has 1 saturated heterocycles. The number of carbonyl (C=O) groups excluding carboxylic acids is 2. The summed E-state index contributed by atoms with van der Waals surface area (Å²) in [6, 6.07) is 18.6. The van der Waals surface area contributed by atoms with E-state index in [4.69, 9.17) is 9.47 Å². The molecule has 1 fully saturated rings. The maximum Gasteiger partial charge on any atom is 0.258 e. The summed E-state index contributed by atoms with van der Waals surface area (Å²) < 4.78 is 11.7. The molecule has 2 aromatic carbocycles. The summed E-state index contributed by atoms with van der Waals surface area (Å²) in [6.45, 7) is 3.23. The Morgan fingerprint density at radius 1 is 1.06 bits per heavy atom. The molecule has 1 N–H and O–H groups in total. The number of methoxy groups -OCH3 is 1.